The molecule has 0 spiro atoms. The predicted molar refractivity (Wildman–Crippen MR) is 115 cm³/mol. The number of sulfonamides is 1. The number of benzene rings is 3. The van der Waals surface area contributed by atoms with Crippen LogP contribution in [-0.2, 0) is 10.0 Å². The number of halogens is 6. The third-order valence-electron chi connectivity index (χ3n) is 5.09. The third-order valence-corrected chi connectivity index (χ3v) is 6.68. The van der Waals surface area contributed by atoms with Crippen molar-refractivity contribution in [3.8, 4) is 0 Å². The number of amidine groups is 1. The molecule has 1 aliphatic heterocycles. The van der Waals surface area contributed by atoms with E-state index in [0.29, 0.717) is 6.08 Å². The fraction of sp³-hybridized carbons (Fsp3) is 0.0435. The standard InChI is InChI=1S/C23H13F6N3O2S/c1-11-2-8-14(9-3-11)35(33,34)32-23(30)16(22(31-32)12-4-6-13(24)7-5-12)10-15-17(25)19(27)21(29)20(28)18(15)26/h2-10,30H,1H3/b16-10+,30-23?. The lowest BCUT2D eigenvalue weighted by molar-refractivity contribution is 0.377. The van der Waals surface area contributed by atoms with Crippen LogP contribution >= 0.6 is 0 Å². The van der Waals surface area contributed by atoms with Gasteiger partial charge in [0.2, 0.25) is 5.82 Å². The van der Waals surface area contributed by atoms with Crippen LogP contribution in [0.2, 0.25) is 0 Å². The summed E-state index contributed by atoms with van der Waals surface area (Å²) in [7, 11) is -4.51. The van der Waals surface area contributed by atoms with Crippen LogP contribution in [0.15, 0.2) is 64.1 Å². The molecule has 1 aliphatic rings. The van der Waals surface area contributed by atoms with Crippen LogP contribution in [-0.4, -0.2) is 24.4 Å². The van der Waals surface area contributed by atoms with Crippen molar-refractivity contribution in [2.75, 3.05) is 0 Å². The second-order valence-electron chi connectivity index (χ2n) is 7.41. The first-order chi connectivity index (χ1) is 16.4. The molecule has 0 saturated heterocycles. The van der Waals surface area contributed by atoms with E-state index in [1.165, 1.54) is 24.3 Å². The highest BCUT2D eigenvalue weighted by molar-refractivity contribution is 7.89. The highest BCUT2D eigenvalue weighted by Gasteiger charge is 2.37. The molecule has 0 aliphatic carbocycles. The second-order valence-corrected chi connectivity index (χ2v) is 9.17. The molecule has 3 aromatic carbocycles. The van der Waals surface area contributed by atoms with Crippen molar-refractivity contribution in [3.05, 3.63) is 106 Å². The van der Waals surface area contributed by atoms with Crippen LogP contribution in [0.5, 0.6) is 0 Å². The van der Waals surface area contributed by atoms with Crippen molar-refractivity contribution < 1.29 is 34.8 Å². The molecule has 0 amide bonds. The van der Waals surface area contributed by atoms with Crippen molar-refractivity contribution in [2.45, 2.75) is 11.8 Å². The van der Waals surface area contributed by atoms with E-state index in [9.17, 15) is 34.8 Å². The quantitative estimate of drug-likeness (QED) is 0.295. The summed E-state index contributed by atoms with van der Waals surface area (Å²) in [6.45, 7) is 1.71. The maximum atomic E-state index is 14.3. The van der Waals surface area contributed by atoms with E-state index in [4.69, 9.17) is 5.41 Å². The van der Waals surface area contributed by atoms with Gasteiger partial charge in [0.05, 0.1) is 10.5 Å². The normalized spacial score (nSPS) is 15.2. The number of rotatable bonds is 4. The Labute approximate surface area is 195 Å². The summed E-state index contributed by atoms with van der Waals surface area (Å²) < 4.78 is 110. The Morgan fingerprint density at radius 1 is 0.800 bits per heavy atom. The molecule has 0 fully saturated rings. The molecule has 5 nitrogen and oxygen atoms in total. The van der Waals surface area contributed by atoms with Crippen molar-refractivity contribution >= 4 is 27.6 Å². The molecule has 0 aromatic heterocycles. The lowest BCUT2D eigenvalue weighted by Crippen LogP contribution is -2.29. The zero-order valence-corrected chi connectivity index (χ0v) is 18.4. The predicted octanol–water partition coefficient (Wildman–Crippen LogP) is 5.30. The molecular formula is C23H13F6N3O2S. The SMILES string of the molecule is Cc1ccc(S(=O)(=O)N2N=C(c3ccc(F)cc3)/C(=C\c3c(F)c(F)c(F)c(F)c3F)C2=N)cc1. The summed E-state index contributed by atoms with van der Waals surface area (Å²) in [6, 6.07) is 9.73. The number of hydrazone groups is 1. The van der Waals surface area contributed by atoms with Crippen molar-refractivity contribution in [1.82, 2.24) is 4.41 Å². The van der Waals surface area contributed by atoms with E-state index in [0.717, 1.165) is 29.8 Å². The van der Waals surface area contributed by atoms with Crippen LogP contribution in [0.1, 0.15) is 16.7 Å². The molecule has 0 saturated carbocycles. The van der Waals surface area contributed by atoms with Crippen LogP contribution in [0, 0.1) is 47.2 Å². The topological polar surface area (TPSA) is 73.6 Å². The molecule has 3 aromatic rings. The Balaban J connectivity index is 1.94. The van der Waals surface area contributed by atoms with Crippen LogP contribution in [0.4, 0.5) is 26.3 Å². The van der Waals surface area contributed by atoms with Gasteiger partial charge < -0.3 is 0 Å². The van der Waals surface area contributed by atoms with E-state index in [1.807, 2.05) is 0 Å². The minimum absolute atomic E-state index is 0.0212. The number of hydrogen-bond donors (Lipinski definition) is 1. The van der Waals surface area contributed by atoms with Crippen molar-refractivity contribution in [2.24, 2.45) is 5.10 Å². The average molecular weight is 509 g/mol. The molecule has 0 bridgehead atoms. The molecule has 4 rings (SSSR count). The molecule has 12 heteroatoms. The number of nitrogens with zero attached hydrogens (tertiary/aromatic N) is 2. The number of aryl methyl sites for hydroxylation is 1. The summed E-state index contributed by atoms with van der Waals surface area (Å²) in [5.41, 5.74) is -1.58. The van der Waals surface area contributed by atoms with E-state index in [2.05, 4.69) is 5.10 Å². The van der Waals surface area contributed by atoms with Crippen molar-refractivity contribution in [3.63, 3.8) is 0 Å². The highest BCUT2D eigenvalue weighted by atomic mass is 32.2. The Morgan fingerprint density at radius 3 is 1.86 bits per heavy atom. The fourth-order valence-electron chi connectivity index (χ4n) is 3.24. The van der Waals surface area contributed by atoms with Gasteiger partial charge in [0.25, 0.3) is 10.0 Å². The Kier molecular flexibility index (Phi) is 6.01. The Bertz CT molecular complexity index is 1500. The maximum absolute atomic E-state index is 14.3. The molecular weight excluding hydrogens is 496 g/mol. The van der Waals surface area contributed by atoms with Gasteiger partial charge in [-0.05, 0) is 49.4 Å². The lowest BCUT2D eigenvalue weighted by Gasteiger charge is -2.14. The summed E-state index contributed by atoms with van der Waals surface area (Å²) in [6.07, 6.45) is 0.436. The molecule has 0 unspecified atom stereocenters. The number of nitrogens with one attached hydrogen (secondary N) is 1. The molecule has 0 radical (unpaired) electrons. The molecule has 1 heterocycles. The van der Waals surface area contributed by atoms with Crippen LogP contribution in [0.25, 0.3) is 6.08 Å². The monoisotopic (exact) mass is 509 g/mol. The van der Waals surface area contributed by atoms with Gasteiger partial charge in [-0.15, -0.1) is 4.41 Å². The first-order valence-electron chi connectivity index (χ1n) is 9.72. The summed E-state index contributed by atoms with van der Waals surface area (Å²) in [4.78, 5) is -0.271. The van der Waals surface area contributed by atoms with Crippen molar-refractivity contribution in [1.29, 1.82) is 5.41 Å². The van der Waals surface area contributed by atoms with Crippen LogP contribution < -0.4 is 0 Å². The van der Waals surface area contributed by atoms with Gasteiger partial charge >= 0.3 is 0 Å². The smallest absolute Gasteiger partial charge is 0.282 e. The minimum Gasteiger partial charge on any atom is -0.282 e. The lowest BCUT2D eigenvalue weighted by atomic mass is 9.99. The first-order valence-corrected chi connectivity index (χ1v) is 11.2. The minimum atomic E-state index is -4.51. The van der Waals surface area contributed by atoms with Gasteiger partial charge in [0, 0.05) is 11.1 Å². The summed E-state index contributed by atoms with van der Waals surface area (Å²) >= 11 is 0. The van der Waals surface area contributed by atoms with E-state index in [-0.39, 0.29) is 20.6 Å². The van der Waals surface area contributed by atoms with Gasteiger partial charge in [-0.25, -0.2) is 26.3 Å². The maximum Gasteiger partial charge on any atom is 0.284 e. The van der Waals surface area contributed by atoms with E-state index < -0.39 is 61.9 Å². The third kappa shape index (κ3) is 4.09. The fourth-order valence-corrected chi connectivity index (χ4v) is 4.45. The summed E-state index contributed by atoms with van der Waals surface area (Å²) in [5.74, 6) is -12.8. The Hall–Kier alpha value is -3.93. The zero-order chi connectivity index (χ0) is 25.7. The molecule has 0 atom stereocenters. The average Bonchev–Trinajstić information content (AvgIpc) is 3.16. The molecule has 1 N–H and O–H groups in total. The van der Waals surface area contributed by atoms with Gasteiger partial charge in [-0.3, -0.25) is 5.41 Å². The second kappa shape index (κ2) is 8.69. The largest absolute Gasteiger partial charge is 0.284 e. The highest BCUT2D eigenvalue weighted by Crippen LogP contribution is 2.31. The first kappa shape index (κ1) is 24.2. The van der Waals surface area contributed by atoms with Gasteiger partial charge in [-0.1, -0.05) is 17.7 Å². The zero-order valence-electron chi connectivity index (χ0n) is 17.6. The van der Waals surface area contributed by atoms with Gasteiger partial charge in [0.1, 0.15) is 11.5 Å². The molecule has 35 heavy (non-hydrogen) atoms. The van der Waals surface area contributed by atoms with Gasteiger partial charge in [0.15, 0.2) is 29.1 Å². The molecule has 180 valence electrons. The number of hydrogen-bond acceptors (Lipinski definition) is 4. The van der Waals surface area contributed by atoms with Crippen LogP contribution in [0.3, 0.4) is 0 Å². The Morgan fingerprint density at radius 2 is 1.31 bits per heavy atom. The van der Waals surface area contributed by atoms with E-state index >= 15 is 0 Å². The summed E-state index contributed by atoms with van der Waals surface area (Å²) in [5, 5.41) is 12.2. The van der Waals surface area contributed by atoms with Gasteiger partial charge in [-0.2, -0.15) is 13.5 Å². The van der Waals surface area contributed by atoms with E-state index in [1.54, 1.807) is 6.92 Å².